The summed E-state index contributed by atoms with van der Waals surface area (Å²) < 4.78 is 6.75. The average Bonchev–Trinajstić information content (AvgIpc) is 3.32. The summed E-state index contributed by atoms with van der Waals surface area (Å²) in [6.45, 7) is 0. The topological polar surface area (TPSA) is 67.2 Å². The van der Waals surface area contributed by atoms with E-state index in [1.54, 1.807) is 36.4 Å². The van der Waals surface area contributed by atoms with Crippen molar-refractivity contribution in [3.8, 4) is 11.3 Å². The number of benzene rings is 2. The van der Waals surface area contributed by atoms with Gasteiger partial charge in [0.05, 0.1) is 15.2 Å². The number of furan rings is 1. The highest BCUT2D eigenvalue weighted by Gasteiger charge is 2.09. The minimum atomic E-state index is -0.393. The number of fused-ring (bicyclic) bond motifs is 1. The molecule has 0 aliphatic carbocycles. The van der Waals surface area contributed by atoms with E-state index in [2.05, 4.69) is 15.6 Å². The number of rotatable bonds is 4. The Morgan fingerprint density at radius 1 is 1.13 bits per heavy atom. The summed E-state index contributed by atoms with van der Waals surface area (Å²) in [5.74, 6) is 0.678. The van der Waals surface area contributed by atoms with Crippen LogP contribution in [-0.2, 0) is 4.79 Å². The van der Waals surface area contributed by atoms with Gasteiger partial charge in [0.1, 0.15) is 11.5 Å². The van der Waals surface area contributed by atoms with E-state index in [1.165, 1.54) is 17.4 Å². The first-order chi connectivity index (χ1) is 14.5. The van der Waals surface area contributed by atoms with E-state index in [9.17, 15) is 4.79 Å². The number of nitrogens with zero attached hydrogens (tertiary/aromatic N) is 1. The molecule has 2 aromatic carbocycles. The van der Waals surface area contributed by atoms with Crippen molar-refractivity contribution in [1.82, 2.24) is 10.3 Å². The van der Waals surface area contributed by atoms with E-state index in [1.807, 2.05) is 24.3 Å². The third kappa shape index (κ3) is 4.88. The van der Waals surface area contributed by atoms with Gasteiger partial charge in [-0.2, -0.15) is 0 Å². The summed E-state index contributed by atoms with van der Waals surface area (Å²) in [5, 5.41) is 7.30. The van der Waals surface area contributed by atoms with E-state index in [-0.39, 0.29) is 5.11 Å². The van der Waals surface area contributed by atoms with E-state index >= 15 is 0 Å². The second kappa shape index (κ2) is 8.97. The van der Waals surface area contributed by atoms with Crippen molar-refractivity contribution in [2.75, 3.05) is 5.32 Å². The van der Waals surface area contributed by atoms with Crippen molar-refractivity contribution in [3.63, 3.8) is 0 Å². The van der Waals surface area contributed by atoms with Crippen LogP contribution in [0.4, 0.5) is 5.13 Å². The van der Waals surface area contributed by atoms with Crippen LogP contribution in [0.5, 0.6) is 0 Å². The normalized spacial score (nSPS) is 11.1. The molecule has 0 saturated heterocycles. The molecule has 9 heteroatoms. The van der Waals surface area contributed by atoms with Gasteiger partial charge in [0.15, 0.2) is 10.2 Å². The molecule has 2 heterocycles. The lowest BCUT2D eigenvalue weighted by Gasteiger charge is -2.04. The minimum absolute atomic E-state index is 0.164. The predicted molar refractivity (Wildman–Crippen MR) is 127 cm³/mol. The molecular formula is C21H13Cl2N3O2S2. The zero-order chi connectivity index (χ0) is 21.1. The second-order valence-corrected chi connectivity index (χ2v) is 8.37. The molecule has 0 aliphatic heterocycles. The highest BCUT2D eigenvalue weighted by atomic mass is 35.5. The Labute approximate surface area is 191 Å². The number of aromatic nitrogens is 1. The molecule has 4 rings (SSSR count). The first-order valence-electron chi connectivity index (χ1n) is 8.69. The molecular weight excluding hydrogens is 461 g/mol. The number of carbonyl (C=O) groups excluding carboxylic acids is 1. The van der Waals surface area contributed by atoms with Crippen molar-refractivity contribution in [2.45, 2.75) is 0 Å². The van der Waals surface area contributed by atoms with Crippen molar-refractivity contribution in [1.29, 1.82) is 0 Å². The van der Waals surface area contributed by atoms with Crippen LogP contribution in [-0.4, -0.2) is 16.0 Å². The molecule has 0 atom stereocenters. The van der Waals surface area contributed by atoms with Gasteiger partial charge in [-0.05, 0) is 60.8 Å². The van der Waals surface area contributed by atoms with Crippen LogP contribution < -0.4 is 10.6 Å². The summed E-state index contributed by atoms with van der Waals surface area (Å²) in [6, 6.07) is 16.4. The maximum absolute atomic E-state index is 12.1. The van der Waals surface area contributed by atoms with Gasteiger partial charge in [0.2, 0.25) is 5.91 Å². The van der Waals surface area contributed by atoms with Gasteiger partial charge < -0.3 is 9.73 Å². The molecule has 2 N–H and O–H groups in total. The fraction of sp³-hybridized carbons (Fsp3) is 0. The van der Waals surface area contributed by atoms with Gasteiger partial charge in [-0.25, -0.2) is 4.98 Å². The maximum Gasteiger partial charge on any atom is 0.250 e. The second-order valence-electron chi connectivity index (χ2n) is 6.09. The van der Waals surface area contributed by atoms with Crippen molar-refractivity contribution in [2.24, 2.45) is 0 Å². The molecule has 1 amide bonds. The van der Waals surface area contributed by atoms with Crippen LogP contribution >= 0.6 is 46.8 Å². The van der Waals surface area contributed by atoms with Gasteiger partial charge in [-0.3, -0.25) is 10.1 Å². The van der Waals surface area contributed by atoms with Gasteiger partial charge in [0.25, 0.3) is 0 Å². The standard InChI is InChI=1S/C21H13Cl2N3O2S2/c22-12-5-8-14(15(23)11-12)17-9-6-13(28-17)7-10-19(27)25-20(29)26-21-24-16-3-1-2-4-18(16)30-21/h1-11H,(H2,24,25,26,27,29)/b10-7+. The molecule has 5 nitrogen and oxygen atoms in total. The van der Waals surface area contributed by atoms with Crippen LogP contribution in [0.15, 0.2) is 65.1 Å². The minimum Gasteiger partial charge on any atom is -0.457 e. The quantitative estimate of drug-likeness (QED) is 0.265. The first-order valence-corrected chi connectivity index (χ1v) is 10.7. The summed E-state index contributed by atoms with van der Waals surface area (Å²) >= 11 is 18.7. The Kier molecular flexibility index (Phi) is 6.15. The Morgan fingerprint density at radius 3 is 2.77 bits per heavy atom. The smallest absolute Gasteiger partial charge is 0.250 e. The molecule has 0 fully saturated rings. The van der Waals surface area contributed by atoms with E-state index in [0.29, 0.717) is 32.3 Å². The van der Waals surface area contributed by atoms with Gasteiger partial charge in [-0.1, -0.05) is 46.7 Å². The number of hydrogen-bond acceptors (Lipinski definition) is 5. The zero-order valence-electron chi connectivity index (χ0n) is 15.2. The van der Waals surface area contributed by atoms with Crippen molar-refractivity contribution < 1.29 is 9.21 Å². The molecule has 4 aromatic rings. The molecule has 0 aliphatic rings. The Hall–Kier alpha value is -2.71. The Balaban J connectivity index is 1.36. The number of halogens is 2. The number of para-hydroxylation sites is 1. The van der Waals surface area contributed by atoms with E-state index < -0.39 is 5.91 Å². The summed E-state index contributed by atoms with van der Waals surface area (Å²) in [4.78, 5) is 16.6. The highest BCUT2D eigenvalue weighted by molar-refractivity contribution is 7.80. The van der Waals surface area contributed by atoms with Crippen LogP contribution in [0.1, 0.15) is 5.76 Å². The van der Waals surface area contributed by atoms with Crippen molar-refractivity contribution in [3.05, 3.63) is 76.5 Å². The van der Waals surface area contributed by atoms with Crippen LogP contribution in [0, 0.1) is 0 Å². The lowest BCUT2D eigenvalue weighted by atomic mass is 10.2. The monoisotopic (exact) mass is 473 g/mol. The lowest BCUT2D eigenvalue weighted by molar-refractivity contribution is -0.115. The molecule has 0 saturated carbocycles. The largest absolute Gasteiger partial charge is 0.457 e. The molecule has 0 spiro atoms. The fourth-order valence-electron chi connectivity index (χ4n) is 2.64. The average molecular weight is 474 g/mol. The zero-order valence-corrected chi connectivity index (χ0v) is 18.3. The van der Waals surface area contributed by atoms with E-state index in [0.717, 1.165) is 10.2 Å². The summed E-state index contributed by atoms with van der Waals surface area (Å²) in [7, 11) is 0. The molecule has 150 valence electrons. The number of carbonyl (C=O) groups is 1. The molecule has 0 unspecified atom stereocenters. The molecule has 30 heavy (non-hydrogen) atoms. The number of hydrogen-bond donors (Lipinski definition) is 2. The third-order valence-electron chi connectivity index (χ3n) is 3.97. The number of nitrogens with one attached hydrogen (secondary N) is 2. The molecule has 0 bridgehead atoms. The Bertz CT molecular complexity index is 1250. The van der Waals surface area contributed by atoms with Crippen LogP contribution in [0.25, 0.3) is 27.6 Å². The fourth-order valence-corrected chi connectivity index (χ4v) is 4.28. The van der Waals surface area contributed by atoms with Crippen molar-refractivity contribution >= 4 is 79.2 Å². The van der Waals surface area contributed by atoms with Crippen LogP contribution in [0.2, 0.25) is 10.0 Å². The first kappa shape index (κ1) is 20.6. The lowest BCUT2D eigenvalue weighted by Crippen LogP contribution is -2.32. The number of anilines is 1. The summed E-state index contributed by atoms with van der Waals surface area (Å²) in [6.07, 6.45) is 2.88. The SMILES string of the molecule is O=C(/C=C/c1ccc(-c2ccc(Cl)cc2Cl)o1)NC(=S)Nc1nc2ccccc2s1. The van der Waals surface area contributed by atoms with Gasteiger partial charge >= 0.3 is 0 Å². The predicted octanol–water partition coefficient (Wildman–Crippen LogP) is 6.39. The number of thiazole rings is 1. The van der Waals surface area contributed by atoms with Crippen LogP contribution in [0.3, 0.4) is 0 Å². The third-order valence-corrected chi connectivity index (χ3v) is 5.68. The van der Waals surface area contributed by atoms with Gasteiger partial charge in [0, 0.05) is 16.7 Å². The summed E-state index contributed by atoms with van der Waals surface area (Å²) in [5.41, 5.74) is 1.58. The highest BCUT2D eigenvalue weighted by Crippen LogP contribution is 2.31. The van der Waals surface area contributed by atoms with E-state index in [4.69, 9.17) is 39.8 Å². The molecule has 2 aromatic heterocycles. The Morgan fingerprint density at radius 2 is 1.97 bits per heavy atom. The van der Waals surface area contributed by atoms with Gasteiger partial charge in [-0.15, -0.1) is 0 Å². The number of thiocarbonyl (C=S) groups is 1. The number of amides is 1. The molecule has 0 radical (unpaired) electrons. The maximum atomic E-state index is 12.1.